The summed E-state index contributed by atoms with van der Waals surface area (Å²) in [6.07, 6.45) is 3.54. The SMILES string of the molecule is NCCCCCc1nc(-c2ccccc2[N+](=O)[O-])no1. The number of para-hydroxylation sites is 1. The van der Waals surface area contributed by atoms with Gasteiger partial charge in [-0.3, -0.25) is 10.1 Å². The lowest BCUT2D eigenvalue weighted by atomic mass is 10.1. The smallest absolute Gasteiger partial charge is 0.280 e. The zero-order chi connectivity index (χ0) is 14.4. The van der Waals surface area contributed by atoms with E-state index in [4.69, 9.17) is 10.3 Å². The third kappa shape index (κ3) is 3.39. The first-order valence-corrected chi connectivity index (χ1v) is 6.49. The van der Waals surface area contributed by atoms with Gasteiger partial charge in [-0.2, -0.15) is 4.98 Å². The molecule has 7 heteroatoms. The van der Waals surface area contributed by atoms with Crippen LogP contribution in [-0.2, 0) is 6.42 Å². The van der Waals surface area contributed by atoms with Gasteiger partial charge >= 0.3 is 0 Å². The summed E-state index contributed by atoms with van der Waals surface area (Å²) in [5.41, 5.74) is 5.76. The van der Waals surface area contributed by atoms with E-state index in [9.17, 15) is 10.1 Å². The van der Waals surface area contributed by atoms with Crippen molar-refractivity contribution in [1.29, 1.82) is 0 Å². The van der Waals surface area contributed by atoms with Gasteiger partial charge in [0.2, 0.25) is 11.7 Å². The van der Waals surface area contributed by atoms with Gasteiger partial charge in [0.15, 0.2) is 0 Å². The number of aryl methyl sites for hydroxylation is 1. The molecule has 0 atom stereocenters. The Hall–Kier alpha value is -2.28. The van der Waals surface area contributed by atoms with Gasteiger partial charge in [-0.1, -0.05) is 23.7 Å². The molecule has 0 saturated carbocycles. The van der Waals surface area contributed by atoms with Crippen molar-refractivity contribution in [3.05, 3.63) is 40.3 Å². The van der Waals surface area contributed by atoms with Crippen LogP contribution in [0.5, 0.6) is 0 Å². The molecule has 7 nitrogen and oxygen atoms in total. The van der Waals surface area contributed by atoms with Crippen LogP contribution >= 0.6 is 0 Å². The molecule has 0 aliphatic rings. The Kier molecular flexibility index (Phi) is 4.78. The molecule has 0 bridgehead atoms. The lowest BCUT2D eigenvalue weighted by Gasteiger charge is -1.96. The Labute approximate surface area is 115 Å². The highest BCUT2D eigenvalue weighted by molar-refractivity contribution is 5.67. The Bertz CT molecular complexity index is 583. The van der Waals surface area contributed by atoms with Crippen LogP contribution in [0.3, 0.4) is 0 Å². The van der Waals surface area contributed by atoms with E-state index in [2.05, 4.69) is 10.1 Å². The third-order valence-corrected chi connectivity index (χ3v) is 2.90. The van der Waals surface area contributed by atoms with E-state index >= 15 is 0 Å². The van der Waals surface area contributed by atoms with E-state index in [1.54, 1.807) is 18.2 Å². The monoisotopic (exact) mass is 276 g/mol. The second-order valence-corrected chi connectivity index (χ2v) is 4.39. The fourth-order valence-electron chi connectivity index (χ4n) is 1.89. The summed E-state index contributed by atoms with van der Waals surface area (Å²) in [5, 5.41) is 14.8. The van der Waals surface area contributed by atoms with Gasteiger partial charge in [0.25, 0.3) is 5.69 Å². The van der Waals surface area contributed by atoms with Gasteiger partial charge in [0.05, 0.1) is 4.92 Å². The first kappa shape index (κ1) is 14.1. The minimum Gasteiger partial charge on any atom is -0.339 e. The number of nitrogens with two attached hydrogens (primary N) is 1. The van der Waals surface area contributed by atoms with Crippen molar-refractivity contribution in [3.63, 3.8) is 0 Å². The highest BCUT2D eigenvalue weighted by atomic mass is 16.6. The third-order valence-electron chi connectivity index (χ3n) is 2.90. The van der Waals surface area contributed by atoms with Gasteiger partial charge in [0.1, 0.15) is 5.56 Å². The molecule has 2 N–H and O–H groups in total. The molecule has 2 aromatic rings. The Morgan fingerprint density at radius 2 is 2.05 bits per heavy atom. The van der Waals surface area contributed by atoms with Crippen molar-refractivity contribution >= 4 is 5.69 Å². The number of unbranched alkanes of at least 4 members (excludes halogenated alkanes) is 2. The van der Waals surface area contributed by atoms with Crippen LogP contribution in [0.4, 0.5) is 5.69 Å². The summed E-state index contributed by atoms with van der Waals surface area (Å²) >= 11 is 0. The number of rotatable bonds is 7. The maximum absolute atomic E-state index is 11.0. The number of nitro groups is 1. The van der Waals surface area contributed by atoms with Gasteiger partial charge in [-0.25, -0.2) is 0 Å². The van der Waals surface area contributed by atoms with Crippen molar-refractivity contribution in [1.82, 2.24) is 10.1 Å². The standard InChI is InChI=1S/C13H16N4O3/c14-9-5-1-2-8-12-15-13(16-20-12)10-6-3-4-7-11(10)17(18)19/h3-4,6-7H,1-2,5,8-9,14H2. The molecule has 1 aromatic heterocycles. The van der Waals surface area contributed by atoms with Gasteiger partial charge in [-0.15, -0.1) is 0 Å². The molecule has 20 heavy (non-hydrogen) atoms. The van der Waals surface area contributed by atoms with E-state index in [0.29, 0.717) is 24.4 Å². The fourth-order valence-corrected chi connectivity index (χ4v) is 1.89. The number of hydrogen-bond donors (Lipinski definition) is 1. The quantitative estimate of drug-likeness (QED) is 0.472. The van der Waals surface area contributed by atoms with Crippen LogP contribution in [0.2, 0.25) is 0 Å². The molecule has 0 fully saturated rings. The van der Waals surface area contributed by atoms with Crippen molar-refractivity contribution < 1.29 is 9.45 Å². The van der Waals surface area contributed by atoms with Crippen LogP contribution in [-0.4, -0.2) is 21.6 Å². The molecule has 0 aliphatic heterocycles. The molecule has 0 saturated heterocycles. The summed E-state index contributed by atoms with van der Waals surface area (Å²) < 4.78 is 5.12. The maximum Gasteiger partial charge on any atom is 0.280 e. The minimum atomic E-state index is -0.452. The number of hydrogen-bond acceptors (Lipinski definition) is 6. The van der Waals surface area contributed by atoms with Crippen molar-refractivity contribution in [2.75, 3.05) is 6.54 Å². The molecular formula is C13H16N4O3. The molecule has 1 aromatic carbocycles. The first-order chi connectivity index (χ1) is 9.72. The Morgan fingerprint density at radius 1 is 1.25 bits per heavy atom. The number of benzene rings is 1. The Morgan fingerprint density at radius 3 is 2.80 bits per heavy atom. The topological polar surface area (TPSA) is 108 Å². The van der Waals surface area contributed by atoms with Crippen molar-refractivity contribution in [2.24, 2.45) is 5.73 Å². The lowest BCUT2D eigenvalue weighted by Crippen LogP contribution is -1.98. The highest BCUT2D eigenvalue weighted by Crippen LogP contribution is 2.27. The number of nitrogens with zero attached hydrogens (tertiary/aromatic N) is 3. The van der Waals surface area contributed by atoms with E-state index in [1.165, 1.54) is 6.07 Å². The second-order valence-electron chi connectivity index (χ2n) is 4.39. The number of aromatic nitrogens is 2. The average Bonchev–Trinajstić information content (AvgIpc) is 2.92. The molecular weight excluding hydrogens is 260 g/mol. The largest absolute Gasteiger partial charge is 0.339 e. The molecule has 2 rings (SSSR count). The van der Waals surface area contributed by atoms with Crippen LogP contribution in [0.1, 0.15) is 25.2 Å². The zero-order valence-corrected chi connectivity index (χ0v) is 11.0. The van der Waals surface area contributed by atoms with Crippen molar-refractivity contribution in [3.8, 4) is 11.4 Å². The molecule has 1 heterocycles. The summed E-state index contributed by atoms with van der Waals surface area (Å²) in [6, 6.07) is 6.35. The molecule has 0 unspecified atom stereocenters. The van der Waals surface area contributed by atoms with E-state index < -0.39 is 4.92 Å². The predicted octanol–water partition coefficient (Wildman–Crippen LogP) is 2.32. The molecule has 0 aliphatic carbocycles. The maximum atomic E-state index is 11.0. The first-order valence-electron chi connectivity index (χ1n) is 6.49. The van der Waals surface area contributed by atoms with Gasteiger partial charge in [-0.05, 0) is 25.5 Å². The molecule has 0 radical (unpaired) electrons. The fraction of sp³-hybridized carbons (Fsp3) is 0.385. The lowest BCUT2D eigenvalue weighted by molar-refractivity contribution is -0.384. The average molecular weight is 276 g/mol. The summed E-state index contributed by atoms with van der Waals surface area (Å²) in [7, 11) is 0. The van der Waals surface area contributed by atoms with E-state index in [-0.39, 0.29) is 11.5 Å². The normalized spacial score (nSPS) is 10.7. The summed E-state index contributed by atoms with van der Waals surface area (Å²) in [5.74, 6) is 0.751. The Balaban J connectivity index is 2.11. The van der Waals surface area contributed by atoms with E-state index in [0.717, 1.165) is 19.3 Å². The van der Waals surface area contributed by atoms with Crippen LogP contribution in [0, 0.1) is 10.1 Å². The van der Waals surface area contributed by atoms with E-state index in [1.807, 2.05) is 0 Å². The minimum absolute atomic E-state index is 0.0250. The molecule has 0 amide bonds. The summed E-state index contributed by atoms with van der Waals surface area (Å²) in [4.78, 5) is 14.7. The van der Waals surface area contributed by atoms with Crippen molar-refractivity contribution in [2.45, 2.75) is 25.7 Å². The van der Waals surface area contributed by atoms with Gasteiger partial charge < -0.3 is 10.3 Å². The molecule has 0 spiro atoms. The van der Waals surface area contributed by atoms with Crippen LogP contribution < -0.4 is 5.73 Å². The zero-order valence-electron chi connectivity index (χ0n) is 11.0. The number of nitro benzene ring substituents is 1. The molecule has 106 valence electrons. The van der Waals surface area contributed by atoms with Gasteiger partial charge in [0, 0.05) is 12.5 Å². The second kappa shape index (κ2) is 6.76. The predicted molar refractivity (Wildman–Crippen MR) is 73.0 cm³/mol. The van der Waals surface area contributed by atoms with Crippen LogP contribution in [0.25, 0.3) is 11.4 Å². The highest BCUT2D eigenvalue weighted by Gasteiger charge is 2.18. The summed E-state index contributed by atoms with van der Waals surface area (Å²) in [6.45, 7) is 0.672. The van der Waals surface area contributed by atoms with Crippen LogP contribution in [0.15, 0.2) is 28.8 Å².